The number of halogens is 1. The maximum atomic E-state index is 8.86. The number of furan rings is 1. The molecule has 2 aromatic heterocycles. The molecule has 7 heteroatoms. The van der Waals surface area contributed by atoms with Crippen LogP contribution < -0.4 is 10.6 Å². The van der Waals surface area contributed by atoms with Crippen LogP contribution in [-0.4, -0.2) is 35.3 Å². The van der Waals surface area contributed by atoms with Crippen molar-refractivity contribution in [2.45, 2.75) is 70.9 Å². The summed E-state index contributed by atoms with van der Waals surface area (Å²) in [6, 6.07) is 4.25. The van der Waals surface area contributed by atoms with Gasteiger partial charge in [-0.3, -0.25) is 0 Å². The van der Waals surface area contributed by atoms with Crippen molar-refractivity contribution >= 4 is 32.7 Å². The van der Waals surface area contributed by atoms with Crippen LogP contribution in [0, 0.1) is 11.3 Å². The van der Waals surface area contributed by atoms with E-state index in [0.29, 0.717) is 17.4 Å². The molecule has 0 spiro atoms. The molecule has 1 atom stereocenters. The van der Waals surface area contributed by atoms with Gasteiger partial charge in [0.05, 0.1) is 16.8 Å². The molecule has 0 amide bonds. The van der Waals surface area contributed by atoms with Gasteiger partial charge in [0.25, 0.3) is 0 Å². The van der Waals surface area contributed by atoms with Crippen LogP contribution in [0.1, 0.15) is 64.6 Å². The summed E-state index contributed by atoms with van der Waals surface area (Å²) < 4.78 is 6.24. The summed E-state index contributed by atoms with van der Waals surface area (Å²) in [5.74, 6) is 1.15. The van der Waals surface area contributed by atoms with Crippen LogP contribution in [0.25, 0.3) is 11.0 Å². The second kappa shape index (κ2) is 12.1. The number of aliphatic hydroxyl groups excluding tert-OH is 1. The Labute approximate surface area is 175 Å². The minimum Gasteiger partial charge on any atom is -0.444 e. The molecule has 1 unspecified atom stereocenters. The number of nitrogens with zero attached hydrogens (tertiary/aromatic N) is 2. The summed E-state index contributed by atoms with van der Waals surface area (Å²) in [5.41, 5.74) is 0.637. The van der Waals surface area contributed by atoms with E-state index in [1.54, 1.807) is 12.3 Å². The lowest BCUT2D eigenvalue weighted by molar-refractivity contribution is 0.142. The minimum absolute atomic E-state index is 0.0752. The van der Waals surface area contributed by atoms with Gasteiger partial charge in [-0.1, -0.05) is 33.1 Å². The van der Waals surface area contributed by atoms with E-state index in [2.05, 4.69) is 31.5 Å². The molecule has 154 valence electrons. The van der Waals surface area contributed by atoms with Crippen molar-refractivity contribution in [2.24, 2.45) is 0 Å². The number of nitrogens with one attached hydrogen (secondary N) is 2. The van der Waals surface area contributed by atoms with Crippen LogP contribution in [0.2, 0.25) is 0 Å². The van der Waals surface area contributed by atoms with E-state index in [-0.39, 0.29) is 6.10 Å². The molecular weight excluding hydrogens is 420 g/mol. The predicted octanol–water partition coefficient (Wildman–Crippen LogP) is 4.96. The Morgan fingerprint density at radius 3 is 2.57 bits per heavy atom. The van der Waals surface area contributed by atoms with Gasteiger partial charge in [-0.05, 0) is 48.2 Å². The van der Waals surface area contributed by atoms with Crippen molar-refractivity contribution in [3.8, 4) is 6.07 Å². The normalized spacial score (nSPS) is 19.6. The number of piperidine rings is 1. The van der Waals surface area contributed by atoms with Gasteiger partial charge >= 0.3 is 0 Å². The van der Waals surface area contributed by atoms with Crippen LogP contribution in [0.4, 0.5) is 5.82 Å². The monoisotopic (exact) mass is 450 g/mol. The molecule has 1 aliphatic heterocycles. The summed E-state index contributed by atoms with van der Waals surface area (Å²) in [7, 11) is 0. The van der Waals surface area contributed by atoms with E-state index in [4.69, 9.17) is 14.8 Å². The van der Waals surface area contributed by atoms with Gasteiger partial charge in [0.1, 0.15) is 11.9 Å². The van der Waals surface area contributed by atoms with Gasteiger partial charge in [0.2, 0.25) is 5.76 Å². The Kier molecular flexibility index (Phi) is 9.76. The Hall–Kier alpha value is -1.62. The fourth-order valence-corrected chi connectivity index (χ4v) is 3.94. The first-order valence-electron chi connectivity index (χ1n) is 10.3. The maximum Gasteiger partial charge on any atom is 0.204 e. The SMILES string of the molecule is CC.N#Cc1cc2c(Br)c(NC3CCCCC3)ncc2o1.OC1CCCNC1. The number of β-amino-alcohol motifs (C(OH)–C–C–N with tert-alkyl or cyclic N) is 1. The molecule has 1 saturated heterocycles. The number of fused-ring (bicyclic) bond motifs is 1. The lowest BCUT2D eigenvalue weighted by atomic mass is 9.95. The number of hydrogen-bond acceptors (Lipinski definition) is 6. The molecule has 0 bridgehead atoms. The number of anilines is 1. The average molecular weight is 451 g/mol. The second-order valence-electron chi connectivity index (χ2n) is 6.90. The van der Waals surface area contributed by atoms with E-state index in [0.717, 1.165) is 41.6 Å². The minimum atomic E-state index is -0.0752. The van der Waals surface area contributed by atoms with Crippen LogP contribution in [0.15, 0.2) is 21.2 Å². The summed E-state index contributed by atoms with van der Waals surface area (Å²) in [6.07, 6.45) is 9.99. The zero-order valence-electron chi connectivity index (χ0n) is 16.8. The third-order valence-corrected chi connectivity index (χ3v) is 5.65. The van der Waals surface area contributed by atoms with Crippen molar-refractivity contribution in [3.05, 3.63) is 22.5 Å². The number of nitriles is 1. The number of pyridine rings is 1. The van der Waals surface area contributed by atoms with Gasteiger partial charge in [-0.2, -0.15) is 5.26 Å². The van der Waals surface area contributed by atoms with E-state index < -0.39 is 0 Å². The molecule has 3 heterocycles. The van der Waals surface area contributed by atoms with Crippen LogP contribution >= 0.6 is 15.9 Å². The quantitative estimate of drug-likeness (QED) is 0.597. The van der Waals surface area contributed by atoms with Gasteiger partial charge in [0, 0.05) is 24.0 Å². The van der Waals surface area contributed by atoms with Crippen LogP contribution in [0.5, 0.6) is 0 Å². The molecule has 2 aromatic rings. The smallest absolute Gasteiger partial charge is 0.204 e. The molecule has 0 aromatic carbocycles. The Morgan fingerprint density at radius 1 is 1.25 bits per heavy atom. The van der Waals surface area contributed by atoms with Gasteiger partial charge in [-0.15, -0.1) is 0 Å². The van der Waals surface area contributed by atoms with E-state index in [9.17, 15) is 0 Å². The van der Waals surface area contributed by atoms with E-state index >= 15 is 0 Å². The first kappa shape index (κ1) is 22.7. The second-order valence-corrected chi connectivity index (χ2v) is 7.69. The van der Waals surface area contributed by atoms with E-state index in [1.807, 2.05) is 19.9 Å². The lowest BCUT2D eigenvalue weighted by Crippen LogP contribution is -2.33. The highest BCUT2D eigenvalue weighted by Gasteiger charge is 2.17. The molecule has 28 heavy (non-hydrogen) atoms. The Balaban J connectivity index is 0.000000261. The van der Waals surface area contributed by atoms with E-state index in [1.165, 1.54) is 32.1 Å². The largest absolute Gasteiger partial charge is 0.444 e. The molecule has 1 saturated carbocycles. The first-order chi connectivity index (χ1) is 13.7. The van der Waals surface area contributed by atoms with Gasteiger partial charge in [-0.25, -0.2) is 4.98 Å². The van der Waals surface area contributed by atoms with Gasteiger partial charge < -0.3 is 20.2 Å². The summed E-state index contributed by atoms with van der Waals surface area (Å²) in [5, 5.41) is 25.2. The number of aromatic nitrogens is 1. The topological polar surface area (TPSA) is 94.1 Å². The zero-order chi connectivity index (χ0) is 20.4. The fraction of sp³-hybridized carbons (Fsp3) is 0.619. The molecule has 3 N–H and O–H groups in total. The number of aliphatic hydroxyl groups is 1. The molecule has 4 rings (SSSR count). The molecule has 2 aliphatic rings. The van der Waals surface area contributed by atoms with Gasteiger partial charge in [0.15, 0.2) is 5.58 Å². The van der Waals surface area contributed by atoms with Crippen LogP contribution in [0.3, 0.4) is 0 Å². The third-order valence-electron chi connectivity index (χ3n) is 4.84. The highest BCUT2D eigenvalue weighted by atomic mass is 79.9. The fourth-order valence-electron chi connectivity index (χ4n) is 3.41. The third kappa shape index (κ3) is 6.47. The summed E-state index contributed by atoms with van der Waals surface area (Å²) in [4.78, 5) is 4.39. The average Bonchev–Trinajstić information content (AvgIpc) is 3.18. The molecular formula is C21H31BrN4O2. The maximum absolute atomic E-state index is 8.86. The lowest BCUT2D eigenvalue weighted by Gasteiger charge is -2.23. The molecule has 2 fully saturated rings. The number of rotatable bonds is 2. The highest BCUT2D eigenvalue weighted by Crippen LogP contribution is 2.33. The van der Waals surface area contributed by atoms with Crippen molar-refractivity contribution < 1.29 is 9.52 Å². The Bertz CT molecular complexity index is 760. The first-order valence-corrected chi connectivity index (χ1v) is 11.1. The molecule has 0 radical (unpaired) electrons. The van der Waals surface area contributed by atoms with Crippen molar-refractivity contribution in [1.82, 2.24) is 10.3 Å². The van der Waals surface area contributed by atoms with Crippen LogP contribution in [-0.2, 0) is 0 Å². The predicted molar refractivity (Wildman–Crippen MR) is 116 cm³/mol. The molecule has 1 aliphatic carbocycles. The standard InChI is InChI=1S/C14H14BrN3O.C5H11NO.C2H6/c15-13-11-6-10(7-16)19-12(11)8-17-14(13)18-9-4-2-1-3-5-9;7-5-2-1-3-6-4-5;1-2/h6,8-9H,1-5H2,(H,17,18);5-7H,1-4H2;1-2H3. The zero-order valence-corrected chi connectivity index (χ0v) is 18.4. The summed E-state index contributed by atoms with van der Waals surface area (Å²) >= 11 is 3.56. The summed E-state index contributed by atoms with van der Waals surface area (Å²) in [6.45, 7) is 5.87. The number of hydrogen-bond donors (Lipinski definition) is 3. The van der Waals surface area contributed by atoms with Crippen molar-refractivity contribution in [3.63, 3.8) is 0 Å². The van der Waals surface area contributed by atoms with Crippen molar-refractivity contribution in [1.29, 1.82) is 5.26 Å². The van der Waals surface area contributed by atoms with Crippen molar-refractivity contribution in [2.75, 3.05) is 18.4 Å². The Morgan fingerprint density at radius 2 is 2.00 bits per heavy atom. The molecule has 6 nitrogen and oxygen atoms in total. The highest BCUT2D eigenvalue weighted by molar-refractivity contribution is 9.10.